The molecule has 0 atom stereocenters. The van der Waals surface area contributed by atoms with E-state index in [2.05, 4.69) is 11.6 Å². The minimum Gasteiger partial charge on any atom is -0.397 e. The van der Waals surface area contributed by atoms with Crippen LogP contribution in [0.4, 0.5) is 0 Å². The number of hydrogen-bond acceptors (Lipinski definition) is 2. The fourth-order valence-electron chi connectivity index (χ4n) is 0.838. The largest absolute Gasteiger partial charge is 0.397 e. The summed E-state index contributed by atoms with van der Waals surface area (Å²) in [6.07, 6.45) is 2.77. The zero-order valence-corrected chi connectivity index (χ0v) is 5.52. The Morgan fingerprint density at radius 2 is 2.56 bits per heavy atom. The van der Waals surface area contributed by atoms with Crippen LogP contribution >= 0.6 is 0 Å². The molecule has 0 amide bonds. The Labute approximate surface area is 54.8 Å². The fourth-order valence-corrected chi connectivity index (χ4v) is 0.838. The van der Waals surface area contributed by atoms with Crippen molar-refractivity contribution in [2.45, 2.75) is 13.3 Å². The first-order valence-electron chi connectivity index (χ1n) is 2.89. The predicted molar refractivity (Wildman–Crippen MR) is 39.1 cm³/mol. The zero-order valence-electron chi connectivity index (χ0n) is 5.52. The quantitative estimate of drug-likeness (QED) is 0.557. The van der Waals surface area contributed by atoms with Gasteiger partial charge in [-0.3, -0.25) is 4.99 Å². The van der Waals surface area contributed by atoms with Crippen LogP contribution in [0.25, 0.3) is 0 Å². The van der Waals surface area contributed by atoms with Crippen LogP contribution in [-0.2, 0) is 0 Å². The summed E-state index contributed by atoms with van der Waals surface area (Å²) in [7, 11) is 0. The van der Waals surface area contributed by atoms with Crippen molar-refractivity contribution in [1.82, 2.24) is 0 Å². The standard InChI is InChI=1S/C7H10N2/c1-5-3-4-9-7(5)6(2)8/h4H,2-3,8H2,1H3. The molecule has 1 aliphatic rings. The van der Waals surface area contributed by atoms with Crippen LogP contribution < -0.4 is 5.73 Å². The minimum atomic E-state index is 0.571. The Morgan fingerprint density at radius 1 is 1.89 bits per heavy atom. The monoisotopic (exact) mass is 122 g/mol. The first-order chi connectivity index (χ1) is 4.22. The van der Waals surface area contributed by atoms with E-state index in [1.165, 1.54) is 5.57 Å². The lowest BCUT2D eigenvalue weighted by Gasteiger charge is -1.96. The Kier molecular flexibility index (Phi) is 1.39. The molecule has 48 valence electrons. The number of allylic oxidation sites excluding steroid dienone is 1. The smallest absolute Gasteiger partial charge is 0.0841 e. The molecule has 1 rings (SSSR count). The molecule has 0 aromatic carbocycles. The van der Waals surface area contributed by atoms with Gasteiger partial charge in [0.15, 0.2) is 0 Å². The van der Waals surface area contributed by atoms with Gasteiger partial charge < -0.3 is 5.73 Å². The average Bonchev–Trinajstić information content (AvgIpc) is 2.13. The maximum absolute atomic E-state index is 5.42. The van der Waals surface area contributed by atoms with Gasteiger partial charge in [0.05, 0.1) is 11.4 Å². The van der Waals surface area contributed by atoms with Crippen LogP contribution in [0, 0.1) is 0 Å². The van der Waals surface area contributed by atoms with Crippen LogP contribution in [0.3, 0.4) is 0 Å². The van der Waals surface area contributed by atoms with E-state index in [4.69, 9.17) is 5.73 Å². The third-order valence-corrected chi connectivity index (χ3v) is 1.33. The van der Waals surface area contributed by atoms with Crippen molar-refractivity contribution in [2.24, 2.45) is 10.7 Å². The SMILES string of the molecule is C=C(N)C1=C(C)CC=N1. The Morgan fingerprint density at radius 3 is 2.78 bits per heavy atom. The summed E-state index contributed by atoms with van der Waals surface area (Å²) in [5.41, 5.74) is 8.07. The number of hydrogen-bond donors (Lipinski definition) is 1. The summed E-state index contributed by atoms with van der Waals surface area (Å²) in [5.74, 6) is 0. The van der Waals surface area contributed by atoms with Crippen LogP contribution in [0.2, 0.25) is 0 Å². The maximum atomic E-state index is 5.42. The van der Waals surface area contributed by atoms with Gasteiger partial charge in [0, 0.05) is 12.6 Å². The van der Waals surface area contributed by atoms with Crippen LogP contribution in [0.5, 0.6) is 0 Å². The molecule has 0 aromatic rings. The fraction of sp³-hybridized carbons (Fsp3) is 0.286. The summed E-state index contributed by atoms with van der Waals surface area (Å²) in [6, 6.07) is 0. The molecule has 0 unspecified atom stereocenters. The number of rotatable bonds is 1. The van der Waals surface area contributed by atoms with E-state index in [0.717, 1.165) is 12.1 Å². The molecule has 0 spiro atoms. The van der Waals surface area contributed by atoms with Gasteiger partial charge in [-0.25, -0.2) is 0 Å². The summed E-state index contributed by atoms with van der Waals surface area (Å²) in [4.78, 5) is 4.05. The van der Waals surface area contributed by atoms with Crippen LogP contribution in [0.15, 0.2) is 28.5 Å². The molecule has 2 N–H and O–H groups in total. The number of nitrogens with zero attached hydrogens (tertiary/aromatic N) is 1. The second-order valence-electron chi connectivity index (χ2n) is 2.17. The molecule has 0 radical (unpaired) electrons. The van der Waals surface area contributed by atoms with E-state index in [1.807, 2.05) is 13.1 Å². The molecular formula is C7H10N2. The van der Waals surface area contributed by atoms with Gasteiger partial charge in [-0.1, -0.05) is 6.58 Å². The first-order valence-corrected chi connectivity index (χ1v) is 2.89. The lowest BCUT2D eigenvalue weighted by atomic mass is 10.2. The van der Waals surface area contributed by atoms with Gasteiger partial charge in [0.2, 0.25) is 0 Å². The molecule has 9 heavy (non-hydrogen) atoms. The van der Waals surface area contributed by atoms with Crippen molar-refractivity contribution in [3.8, 4) is 0 Å². The summed E-state index contributed by atoms with van der Waals surface area (Å²) >= 11 is 0. The highest BCUT2D eigenvalue weighted by Gasteiger charge is 2.05. The highest BCUT2D eigenvalue weighted by atomic mass is 14.8. The lowest BCUT2D eigenvalue weighted by molar-refractivity contribution is 1.20. The highest BCUT2D eigenvalue weighted by Crippen LogP contribution is 2.17. The van der Waals surface area contributed by atoms with Crippen LogP contribution in [-0.4, -0.2) is 6.21 Å². The maximum Gasteiger partial charge on any atom is 0.0841 e. The Bertz CT molecular complexity index is 199. The van der Waals surface area contributed by atoms with Gasteiger partial charge in [-0.15, -0.1) is 0 Å². The molecule has 0 saturated heterocycles. The van der Waals surface area contributed by atoms with Gasteiger partial charge in [0.25, 0.3) is 0 Å². The molecule has 0 fully saturated rings. The molecular weight excluding hydrogens is 112 g/mol. The van der Waals surface area contributed by atoms with Crippen LogP contribution in [0.1, 0.15) is 13.3 Å². The van der Waals surface area contributed by atoms with E-state index in [0.29, 0.717) is 5.70 Å². The van der Waals surface area contributed by atoms with E-state index in [-0.39, 0.29) is 0 Å². The zero-order chi connectivity index (χ0) is 6.85. The van der Waals surface area contributed by atoms with Crippen molar-refractivity contribution in [3.05, 3.63) is 23.5 Å². The van der Waals surface area contributed by atoms with E-state index < -0.39 is 0 Å². The van der Waals surface area contributed by atoms with Crippen molar-refractivity contribution >= 4 is 6.21 Å². The van der Waals surface area contributed by atoms with Crippen molar-refractivity contribution in [2.75, 3.05) is 0 Å². The normalized spacial score (nSPS) is 17.0. The van der Waals surface area contributed by atoms with E-state index >= 15 is 0 Å². The van der Waals surface area contributed by atoms with Gasteiger partial charge in [0.1, 0.15) is 0 Å². The molecule has 0 aliphatic carbocycles. The van der Waals surface area contributed by atoms with E-state index in [1.54, 1.807) is 0 Å². The highest BCUT2D eigenvalue weighted by molar-refractivity contribution is 5.68. The first kappa shape index (κ1) is 6.08. The third kappa shape index (κ3) is 1.02. The summed E-state index contributed by atoms with van der Waals surface area (Å²) < 4.78 is 0. The molecule has 0 bridgehead atoms. The van der Waals surface area contributed by atoms with Gasteiger partial charge >= 0.3 is 0 Å². The summed E-state index contributed by atoms with van der Waals surface area (Å²) in [5, 5.41) is 0. The molecule has 1 heterocycles. The van der Waals surface area contributed by atoms with Crippen molar-refractivity contribution in [3.63, 3.8) is 0 Å². The topological polar surface area (TPSA) is 38.4 Å². The molecule has 0 aromatic heterocycles. The molecule has 1 aliphatic heterocycles. The second-order valence-corrected chi connectivity index (χ2v) is 2.17. The number of nitrogens with two attached hydrogens (primary N) is 1. The molecule has 0 saturated carbocycles. The van der Waals surface area contributed by atoms with Crippen molar-refractivity contribution < 1.29 is 0 Å². The van der Waals surface area contributed by atoms with Gasteiger partial charge in [-0.2, -0.15) is 0 Å². The number of aliphatic imine (C=N–C) groups is 1. The average molecular weight is 122 g/mol. The second kappa shape index (κ2) is 2.05. The Hall–Kier alpha value is -1.05. The molecule has 2 nitrogen and oxygen atoms in total. The molecule has 2 heteroatoms. The third-order valence-electron chi connectivity index (χ3n) is 1.33. The minimum absolute atomic E-state index is 0.571. The van der Waals surface area contributed by atoms with E-state index in [9.17, 15) is 0 Å². The lowest BCUT2D eigenvalue weighted by Crippen LogP contribution is -1.96. The van der Waals surface area contributed by atoms with Crippen molar-refractivity contribution in [1.29, 1.82) is 0 Å². The Balaban J connectivity index is 2.89. The predicted octanol–water partition coefficient (Wildman–Crippen LogP) is 1.21. The summed E-state index contributed by atoms with van der Waals surface area (Å²) in [6.45, 7) is 5.61. The van der Waals surface area contributed by atoms with Gasteiger partial charge in [-0.05, 0) is 12.5 Å².